The smallest absolute Gasteiger partial charge is 0.417 e. The molecule has 0 radical (unpaired) electrons. The van der Waals surface area contributed by atoms with Crippen molar-refractivity contribution in [3.63, 3.8) is 0 Å². The molecule has 1 N–H and O–H groups in total. The van der Waals surface area contributed by atoms with Crippen LogP contribution >= 0.6 is 11.6 Å². The zero-order valence-corrected chi connectivity index (χ0v) is 16.9. The summed E-state index contributed by atoms with van der Waals surface area (Å²) in [6.45, 7) is 0.773. The maximum absolute atomic E-state index is 13.0. The number of ether oxygens (including phenoxy) is 1. The zero-order valence-electron chi connectivity index (χ0n) is 16.1. The van der Waals surface area contributed by atoms with Crippen LogP contribution in [0.25, 0.3) is 0 Å². The van der Waals surface area contributed by atoms with Crippen LogP contribution < -0.4 is 10.1 Å². The molecule has 1 aliphatic heterocycles. The first-order valence-electron chi connectivity index (χ1n) is 9.30. The number of benzene rings is 2. The van der Waals surface area contributed by atoms with E-state index in [1.165, 1.54) is 6.07 Å². The molecular formula is C21H20ClF3N2O3. The van der Waals surface area contributed by atoms with E-state index >= 15 is 0 Å². The number of anilines is 1. The maximum Gasteiger partial charge on any atom is 0.417 e. The van der Waals surface area contributed by atoms with Gasteiger partial charge in [0.25, 0.3) is 5.91 Å². The van der Waals surface area contributed by atoms with Crippen LogP contribution in [-0.4, -0.2) is 36.9 Å². The van der Waals surface area contributed by atoms with E-state index in [9.17, 15) is 22.8 Å². The third kappa shape index (κ3) is 5.05. The molecular weight excluding hydrogens is 421 g/mol. The molecule has 0 aliphatic carbocycles. The second kappa shape index (κ2) is 8.95. The molecule has 2 amide bonds. The van der Waals surface area contributed by atoms with Crippen LogP contribution in [0.4, 0.5) is 18.9 Å². The molecule has 2 aromatic rings. The molecule has 1 saturated heterocycles. The molecule has 0 aromatic heterocycles. The fraction of sp³-hybridized carbons (Fsp3) is 0.333. The Morgan fingerprint density at radius 3 is 2.30 bits per heavy atom. The van der Waals surface area contributed by atoms with Gasteiger partial charge in [0, 0.05) is 30.3 Å². The van der Waals surface area contributed by atoms with E-state index in [0.29, 0.717) is 37.2 Å². The van der Waals surface area contributed by atoms with E-state index in [4.69, 9.17) is 16.3 Å². The van der Waals surface area contributed by atoms with E-state index in [1.807, 2.05) is 0 Å². The van der Waals surface area contributed by atoms with Crippen molar-refractivity contribution >= 4 is 29.1 Å². The number of alkyl halides is 3. The number of methoxy groups -OCH3 is 1. The van der Waals surface area contributed by atoms with Crippen molar-refractivity contribution in [1.29, 1.82) is 0 Å². The summed E-state index contributed by atoms with van der Waals surface area (Å²) in [5, 5.41) is 2.10. The van der Waals surface area contributed by atoms with Gasteiger partial charge < -0.3 is 15.0 Å². The van der Waals surface area contributed by atoms with Crippen LogP contribution in [0, 0.1) is 5.92 Å². The highest BCUT2D eigenvalue weighted by Gasteiger charge is 2.34. The van der Waals surface area contributed by atoms with Crippen LogP contribution in [0.1, 0.15) is 28.8 Å². The van der Waals surface area contributed by atoms with Gasteiger partial charge in [-0.15, -0.1) is 0 Å². The van der Waals surface area contributed by atoms with Gasteiger partial charge in [-0.2, -0.15) is 13.2 Å². The molecule has 0 atom stereocenters. The first-order chi connectivity index (χ1) is 14.2. The van der Waals surface area contributed by atoms with E-state index in [1.54, 1.807) is 36.3 Å². The average molecular weight is 441 g/mol. The van der Waals surface area contributed by atoms with Gasteiger partial charge >= 0.3 is 6.18 Å². The zero-order chi connectivity index (χ0) is 21.9. The van der Waals surface area contributed by atoms with Gasteiger partial charge in [-0.05, 0) is 55.3 Å². The van der Waals surface area contributed by atoms with E-state index < -0.39 is 22.7 Å². The molecule has 1 aliphatic rings. The van der Waals surface area contributed by atoms with Gasteiger partial charge in [-0.25, -0.2) is 0 Å². The Balaban J connectivity index is 1.58. The van der Waals surface area contributed by atoms with Crippen molar-refractivity contribution in [2.45, 2.75) is 19.0 Å². The number of carbonyl (C=O) groups excluding carboxylic acids is 2. The summed E-state index contributed by atoms with van der Waals surface area (Å²) in [6.07, 6.45) is -3.76. The minimum atomic E-state index is -4.61. The minimum Gasteiger partial charge on any atom is -0.497 e. The van der Waals surface area contributed by atoms with Crippen LogP contribution in [0.2, 0.25) is 5.02 Å². The molecule has 0 unspecified atom stereocenters. The highest BCUT2D eigenvalue weighted by molar-refractivity contribution is 6.31. The molecule has 0 spiro atoms. The van der Waals surface area contributed by atoms with Crippen molar-refractivity contribution < 1.29 is 27.5 Å². The molecule has 0 bridgehead atoms. The Kier molecular flexibility index (Phi) is 6.55. The SMILES string of the molecule is COc1ccc(C(=O)N2CCC(C(=O)Nc3ccc(Cl)c(C(F)(F)F)c3)CC2)cc1. The lowest BCUT2D eigenvalue weighted by molar-refractivity contribution is -0.137. The Morgan fingerprint density at radius 1 is 1.10 bits per heavy atom. The van der Waals surface area contributed by atoms with Gasteiger partial charge in [-0.3, -0.25) is 9.59 Å². The van der Waals surface area contributed by atoms with E-state index in [0.717, 1.165) is 12.1 Å². The topological polar surface area (TPSA) is 58.6 Å². The summed E-state index contributed by atoms with van der Waals surface area (Å²) in [4.78, 5) is 26.7. The van der Waals surface area contributed by atoms with E-state index in [-0.39, 0.29) is 17.5 Å². The molecule has 160 valence electrons. The third-order valence-electron chi connectivity index (χ3n) is 5.03. The van der Waals surface area contributed by atoms with Crippen LogP contribution in [0.5, 0.6) is 5.75 Å². The molecule has 30 heavy (non-hydrogen) atoms. The number of hydrogen-bond acceptors (Lipinski definition) is 3. The first-order valence-corrected chi connectivity index (χ1v) is 9.68. The summed E-state index contributed by atoms with van der Waals surface area (Å²) in [5.41, 5.74) is -0.435. The molecule has 5 nitrogen and oxygen atoms in total. The number of hydrogen-bond donors (Lipinski definition) is 1. The van der Waals surface area contributed by atoms with E-state index in [2.05, 4.69) is 5.32 Å². The quantitative estimate of drug-likeness (QED) is 0.738. The second-order valence-electron chi connectivity index (χ2n) is 6.98. The lowest BCUT2D eigenvalue weighted by Gasteiger charge is -2.31. The van der Waals surface area contributed by atoms with Crippen molar-refractivity contribution in [2.24, 2.45) is 5.92 Å². The van der Waals surface area contributed by atoms with Crippen LogP contribution in [0.15, 0.2) is 42.5 Å². The lowest BCUT2D eigenvalue weighted by atomic mass is 9.95. The van der Waals surface area contributed by atoms with Gasteiger partial charge in [0.15, 0.2) is 0 Å². The Labute approximate surface area is 176 Å². The number of halogens is 4. The fourth-order valence-electron chi connectivity index (χ4n) is 3.33. The molecule has 0 saturated carbocycles. The average Bonchev–Trinajstić information content (AvgIpc) is 2.74. The number of amides is 2. The highest BCUT2D eigenvalue weighted by Crippen LogP contribution is 2.36. The predicted octanol–water partition coefficient (Wildman–Crippen LogP) is 4.86. The number of piperidine rings is 1. The van der Waals surface area contributed by atoms with Crippen molar-refractivity contribution in [1.82, 2.24) is 4.90 Å². The maximum atomic E-state index is 13.0. The number of rotatable bonds is 4. The highest BCUT2D eigenvalue weighted by atomic mass is 35.5. The molecule has 1 heterocycles. The molecule has 1 fully saturated rings. The van der Waals surface area contributed by atoms with Gasteiger partial charge in [-0.1, -0.05) is 11.6 Å². The van der Waals surface area contributed by atoms with Crippen LogP contribution in [0.3, 0.4) is 0 Å². The molecule has 3 rings (SSSR count). The van der Waals surface area contributed by atoms with Gasteiger partial charge in [0.2, 0.25) is 5.91 Å². The number of likely N-dealkylation sites (tertiary alicyclic amines) is 1. The standard InChI is InChI=1S/C21H20ClF3N2O3/c1-30-16-5-2-14(3-6-16)20(29)27-10-8-13(9-11-27)19(28)26-15-4-7-18(22)17(12-15)21(23,24)25/h2-7,12-13H,8-11H2,1H3,(H,26,28). The van der Waals surface area contributed by atoms with Crippen LogP contribution in [-0.2, 0) is 11.0 Å². The molecule has 9 heteroatoms. The van der Waals surface area contributed by atoms with Crippen molar-refractivity contribution in [3.05, 3.63) is 58.6 Å². The summed E-state index contributed by atoms with van der Waals surface area (Å²) in [5.74, 6) is -0.251. The van der Waals surface area contributed by atoms with Gasteiger partial charge in [0.05, 0.1) is 17.7 Å². The van der Waals surface area contributed by atoms with Crippen molar-refractivity contribution in [3.8, 4) is 5.75 Å². The summed E-state index contributed by atoms with van der Waals surface area (Å²) in [7, 11) is 1.54. The minimum absolute atomic E-state index is 0.0356. The summed E-state index contributed by atoms with van der Waals surface area (Å²) in [6, 6.07) is 10.0. The monoisotopic (exact) mass is 440 g/mol. The Hall–Kier alpha value is -2.74. The Bertz CT molecular complexity index is 924. The fourth-order valence-corrected chi connectivity index (χ4v) is 3.55. The normalized spacial score (nSPS) is 15.0. The van der Waals surface area contributed by atoms with Gasteiger partial charge in [0.1, 0.15) is 5.75 Å². The second-order valence-corrected chi connectivity index (χ2v) is 7.38. The lowest BCUT2D eigenvalue weighted by Crippen LogP contribution is -2.41. The number of nitrogens with zero attached hydrogens (tertiary/aromatic N) is 1. The largest absolute Gasteiger partial charge is 0.497 e. The number of nitrogens with one attached hydrogen (secondary N) is 1. The summed E-state index contributed by atoms with van der Waals surface area (Å²) < 4.78 is 44.0. The molecule has 2 aromatic carbocycles. The summed E-state index contributed by atoms with van der Waals surface area (Å²) >= 11 is 5.60. The first kappa shape index (κ1) is 22.0. The van der Waals surface area contributed by atoms with Crippen molar-refractivity contribution in [2.75, 3.05) is 25.5 Å². The Morgan fingerprint density at radius 2 is 1.73 bits per heavy atom. The third-order valence-corrected chi connectivity index (χ3v) is 5.36. The predicted molar refractivity (Wildman–Crippen MR) is 107 cm³/mol. The number of carbonyl (C=O) groups is 2.